The molecule has 2 rings (SSSR count). The number of hydrogen-bond acceptors (Lipinski definition) is 3. The molecule has 1 aromatic carbocycles. The Hall–Kier alpha value is -1.81. The minimum absolute atomic E-state index is 1.14. The normalized spacial score (nSPS) is 9.59. The molecule has 0 aliphatic heterocycles. The molecule has 0 aliphatic rings. The van der Waals surface area contributed by atoms with Crippen molar-refractivity contribution in [3.05, 3.63) is 41.4 Å². The molecule has 0 unspecified atom stereocenters. The number of hydrogen-bond donors (Lipinski definition) is 0. The maximum absolute atomic E-state index is 3.47. The summed E-state index contributed by atoms with van der Waals surface area (Å²) in [6.07, 6.45) is 0. The Balaban J connectivity index is 0.00000116. The van der Waals surface area contributed by atoms with Crippen LogP contribution in [0.3, 0.4) is 0 Å². The second kappa shape index (κ2) is 8.59. The summed E-state index contributed by atoms with van der Waals surface area (Å²) in [4.78, 5) is 7.71. The molecule has 0 bridgehead atoms. The molecule has 2 aromatic rings. The molecule has 0 fully saturated rings. The Bertz CT molecular complexity index is 659. The number of fused-ring (bicyclic) bond motifs is 1. The summed E-state index contributed by atoms with van der Waals surface area (Å²) in [5.41, 5.74) is 4.69. The SMILES string of the molecule is CC.Cc1ccc(N(C)C)csc2cc(N(C)C)ccc2[nH+]1. The highest BCUT2D eigenvalue weighted by atomic mass is 32.1. The fourth-order valence-corrected chi connectivity index (χ4v) is 2.84. The van der Waals surface area contributed by atoms with Gasteiger partial charge in [0, 0.05) is 64.0 Å². The quantitative estimate of drug-likeness (QED) is 0.822. The van der Waals surface area contributed by atoms with Gasteiger partial charge in [0.1, 0.15) is 4.70 Å². The van der Waals surface area contributed by atoms with Crippen molar-refractivity contribution in [2.75, 3.05) is 38.0 Å². The molecule has 0 amide bonds. The number of aromatic amines is 1. The molecule has 3 nitrogen and oxygen atoms in total. The number of anilines is 2. The van der Waals surface area contributed by atoms with Crippen molar-refractivity contribution < 1.29 is 4.98 Å². The molecule has 0 saturated carbocycles. The monoisotopic (exact) mass is 318 g/mol. The maximum Gasteiger partial charge on any atom is 0.221 e. The van der Waals surface area contributed by atoms with Gasteiger partial charge in [-0.25, -0.2) is 4.98 Å². The van der Waals surface area contributed by atoms with Crippen LogP contribution in [0.15, 0.2) is 35.7 Å². The first kappa shape index (κ1) is 18.2. The second-order valence-electron chi connectivity index (χ2n) is 5.27. The van der Waals surface area contributed by atoms with Gasteiger partial charge in [-0.15, -0.1) is 11.3 Å². The van der Waals surface area contributed by atoms with Crippen LogP contribution in [0.1, 0.15) is 19.5 Å². The topological polar surface area (TPSA) is 20.6 Å². The fourth-order valence-electron chi connectivity index (χ4n) is 1.87. The van der Waals surface area contributed by atoms with E-state index < -0.39 is 0 Å². The zero-order valence-electron chi connectivity index (χ0n) is 14.8. The van der Waals surface area contributed by atoms with Gasteiger partial charge in [0.2, 0.25) is 5.52 Å². The molecule has 22 heavy (non-hydrogen) atoms. The van der Waals surface area contributed by atoms with Gasteiger partial charge in [-0.1, -0.05) is 13.8 Å². The first-order valence-electron chi connectivity index (χ1n) is 7.61. The van der Waals surface area contributed by atoms with Crippen molar-refractivity contribution in [3.63, 3.8) is 0 Å². The second-order valence-corrected chi connectivity index (χ2v) is 6.18. The summed E-state index contributed by atoms with van der Waals surface area (Å²) in [7, 11) is 8.26. The lowest BCUT2D eigenvalue weighted by molar-refractivity contribution is -0.353. The van der Waals surface area contributed by atoms with Crippen molar-refractivity contribution in [3.8, 4) is 0 Å². The standard InChI is InChI=1S/C16H21N3S.C2H6/c1-12-6-7-14(19(4)5)11-20-16-10-13(18(2)3)8-9-15(16)17-12;1-2/h6-11H,1-5H3;1-2H3/p+1. The summed E-state index contributed by atoms with van der Waals surface area (Å²) in [6.45, 7) is 6.09. The Morgan fingerprint density at radius 2 is 1.45 bits per heavy atom. The van der Waals surface area contributed by atoms with Crippen molar-refractivity contribution >= 4 is 32.9 Å². The van der Waals surface area contributed by atoms with Gasteiger partial charge < -0.3 is 9.80 Å². The van der Waals surface area contributed by atoms with Gasteiger partial charge in [-0.3, -0.25) is 0 Å². The molecule has 0 radical (unpaired) electrons. The van der Waals surface area contributed by atoms with Crippen molar-refractivity contribution in [1.82, 2.24) is 0 Å². The van der Waals surface area contributed by atoms with E-state index in [1.807, 2.05) is 13.8 Å². The number of aryl methyl sites for hydroxylation is 1. The lowest BCUT2D eigenvalue weighted by atomic mass is 10.3. The average molecular weight is 319 g/mol. The smallest absolute Gasteiger partial charge is 0.221 e. The first-order valence-corrected chi connectivity index (χ1v) is 8.49. The van der Waals surface area contributed by atoms with E-state index in [9.17, 15) is 0 Å². The third-order valence-corrected chi connectivity index (χ3v) is 4.09. The third-order valence-electron chi connectivity index (χ3n) is 3.14. The molecule has 4 heteroatoms. The van der Waals surface area contributed by atoms with Gasteiger partial charge in [0.25, 0.3) is 0 Å². The average Bonchev–Trinajstić information content (AvgIpc) is 2.57. The molecule has 120 valence electrons. The lowest BCUT2D eigenvalue weighted by Crippen LogP contribution is -2.09. The van der Waals surface area contributed by atoms with Crippen molar-refractivity contribution in [1.29, 1.82) is 0 Å². The van der Waals surface area contributed by atoms with Crippen LogP contribution in [0.2, 0.25) is 0 Å². The van der Waals surface area contributed by atoms with E-state index in [-0.39, 0.29) is 0 Å². The number of H-pyrrole nitrogens is 1. The van der Waals surface area contributed by atoms with Crippen LogP contribution < -0.4 is 14.8 Å². The van der Waals surface area contributed by atoms with E-state index in [1.165, 1.54) is 16.1 Å². The molecular formula is C18H28N3S+. The van der Waals surface area contributed by atoms with E-state index in [0.717, 1.165) is 11.2 Å². The minimum atomic E-state index is 1.14. The number of aromatic nitrogens is 1. The Morgan fingerprint density at radius 1 is 0.864 bits per heavy atom. The molecule has 0 aliphatic carbocycles. The highest BCUT2D eigenvalue weighted by Gasteiger charge is 2.03. The van der Waals surface area contributed by atoms with Crippen LogP contribution in [0, 0.1) is 6.92 Å². The van der Waals surface area contributed by atoms with E-state index in [1.54, 1.807) is 11.3 Å². The third kappa shape index (κ3) is 4.88. The Labute approximate surface area is 138 Å². The van der Waals surface area contributed by atoms with Crippen molar-refractivity contribution in [2.45, 2.75) is 20.8 Å². The highest BCUT2D eigenvalue weighted by Crippen LogP contribution is 2.22. The molecule has 1 heterocycles. The number of nitrogens with zero attached hydrogens (tertiary/aromatic N) is 2. The largest absolute Gasteiger partial charge is 0.378 e. The number of benzene rings is 1. The van der Waals surface area contributed by atoms with Crippen LogP contribution in [0.4, 0.5) is 11.4 Å². The van der Waals surface area contributed by atoms with Crippen molar-refractivity contribution in [2.24, 2.45) is 0 Å². The molecular weight excluding hydrogens is 290 g/mol. The molecule has 0 saturated heterocycles. The predicted octanol–water partition coefficient (Wildman–Crippen LogP) is 4.31. The summed E-state index contributed by atoms with van der Waals surface area (Å²) in [6, 6.07) is 10.7. The van der Waals surface area contributed by atoms with Crippen LogP contribution >= 0.6 is 11.3 Å². The molecule has 1 aromatic heterocycles. The predicted molar refractivity (Wildman–Crippen MR) is 101 cm³/mol. The van der Waals surface area contributed by atoms with E-state index in [4.69, 9.17) is 0 Å². The highest BCUT2D eigenvalue weighted by molar-refractivity contribution is 7.16. The summed E-state index contributed by atoms with van der Waals surface area (Å²) in [5.74, 6) is 0. The van der Waals surface area contributed by atoms with Crippen LogP contribution in [0.5, 0.6) is 0 Å². The van der Waals surface area contributed by atoms with Crippen LogP contribution in [0.25, 0.3) is 10.2 Å². The summed E-state index contributed by atoms with van der Waals surface area (Å²) >= 11 is 1.75. The van der Waals surface area contributed by atoms with E-state index in [2.05, 4.69) is 85.6 Å². The minimum Gasteiger partial charge on any atom is -0.378 e. The number of nitrogens with one attached hydrogen (secondary N) is 1. The van der Waals surface area contributed by atoms with Crippen LogP contribution in [-0.4, -0.2) is 28.2 Å². The molecule has 0 spiro atoms. The molecule has 0 atom stereocenters. The zero-order chi connectivity index (χ0) is 16.7. The Morgan fingerprint density at radius 3 is 2.05 bits per heavy atom. The van der Waals surface area contributed by atoms with E-state index in [0.29, 0.717) is 0 Å². The van der Waals surface area contributed by atoms with Gasteiger partial charge in [-0.05, 0) is 18.2 Å². The fraction of sp³-hybridized carbons (Fsp3) is 0.389. The van der Waals surface area contributed by atoms with Gasteiger partial charge in [0.15, 0.2) is 5.69 Å². The van der Waals surface area contributed by atoms with E-state index >= 15 is 0 Å². The van der Waals surface area contributed by atoms with Gasteiger partial charge in [0.05, 0.1) is 0 Å². The van der Waals surface area contributed by atoms with Crippen LogP contribution in [-0.2, 0) is 0 Å². The number of rotatable bonds is 2. The summed E-state index contributed by atoms with van der Waals surface area (Å²) < 4.78 is 1.23. The molecule has 1 N–H and O–H groups in total. The van der Waals surface area contributed by atoms with Gasteiger partial charge in [-0.2, -0.15) is 0 Å². The first-order chi connectivity index (χ1) is 10.5. The Kier molecular flexibility index (Phi) is 7.12. The maximum atomic E-state index is 3.47. The lowest BCUT2D eigenvalue weighted by Gasteiger charge is -2.11. The van der Waals surface area contributed by atoms with Gasteiger partial charge >= 0.3 is 0 Å². The zero-order valence-corrected chi connectivity index (χ0v) is 15.6. The summed E-state index contributed by atoms with van der Waals surface area (Å²) in [5, 5.41) is 2.19.